The van der Waals surface area contributed by atoms with Gasteiger partial charge in [0.25, 0.3) is 0 Å². The summed E-state index contributed by atoms with van der Waals surface area (Å²) in [7, 11) is 0. The molecule has 2 heterocycles. The third-order valence-electron chi connectivity index (χ3n) is 3.27. The van der Waals surface area contributed by atoms with Crippen molar-refractivity contribution in [2.45, 2.75) is 20.0 Å². The highest BCUT2D eigenvalue weighted by molar-refractivity contribution is 6.04. The highest BCUT2D eigenvalue weighted by Gasteiger charge is 2.22. The number of aryl methyl sites for hydroxylation is 1. The van der Waals surface area contributed by atoms with Crippen LogP contribution < -0.4 is 0 Å². The number of benzene rings is 1. The van der Waals surface area contributed by atoms with Crippen molar-refractivity contribution in [2.24, 2.45) is 0 Å². The summed E-state index contributed by atoms with van der Waals surface area (Å²) >= 11 is 0. The molecular weight excluding hydrogens is 230 g/mol. The number of ether oxygens (including phenoxy) is 1. The molecule has 1 aliphatic heterocycles. The highest BCUT2D eigenvalue weighted by Crippen LogP contribution is 2.27. The first kappa shape index (κ1) is 11.2. The number of pyridine rings is 1. The van der Waals surface area contributed by atoms with Gasteiger partial charge in [0.05, 0.1) is 24.3 Å². The maximum atomic E-state index is 11.5. The Morgan fingerprint density at radius 3 is 3.06 bits per heavy atom. The lowest BCUT2D eigenvalue weighted by atomic mass is 9.97. The Kier molecular flexibility index (Phi) is 2.52. The van der Waals surface area contributed by atoms with Crippen LogP contribution in [0.15, 0.2) is 18.2 Å². The first-order valence-electron chi connectivity index (χ1n) is 5.90. The number of carboxylic acid groups (broad SMARTS) is 1. The van der Waals surface area contributed by atoms with Crippen molar-refractivity contribution in [2.75, 3.05) is 6.61 Å². The van der Waals surface area contributed by atoms with Gasteiger partial charge in [-0.1, -0.05) is 12.1 Å². The van der Waals surface area contributed by atoms with Crippen LogP contribution in [0.1, 0.15) is 27.2 Å². The molecule has 1 aromatic carbocycles. The Balaban J connectivity index is 2.40. The molecule has 0 bridgehead atoms. The van der Waals surface area contributed by atoms with Gasteiger partial charge in [0.2, 0.25) is 0 Å². The van der Waals surface area contributed by atoms with Crippen LogP contribution in [-0.4, -0.2) is 22.7 Å². The van der Waals surface area contributed by atoms with E-state index in [0.717, 1.165) is 22.3 Å². The standard InChI is InChI=1S/C14H13NO3/c1-8-2-3-9-12(6-8)15-11-4-5-18-7-10(11)13(9)14(16)17/h2-3,6H,4-5,7H2,1H3,(H,16,17). The SMILES string of the molecule is Cc1ccc2c(C(=O)O)c3c(nc2c1)CCOC3. The Morgan fingerprint density at radius 2 is 2.28 bits per heavy atom. The van der Waals surface area contributed by atoms with E-state index in [1.54, 1.807) is 0 Å². The molecule has 0 fully saturated rings. The van der Waals surface area contributed by atoms with Gasteiger partial charge < -0.3 is 9.84 Å². The largest absolute Gasteiger partial charge is 0.478 e. The monoisotopic (exact) mass is 243 g/mol. The van der Waals surface area contributed by atoms with Crippen molar-refractivity contribution in [3.8, 4) is 0 Å². The zero-order valence-electron chi connectivity index (χ0n) is 10.1. The fourth-order valence-corrected chi connectivity index (χ4v) is 2.41. The van der Waals surface area contributed by atoms with Crippen LogP contribution in [0, 0.1) is 6.92 Å². The van der Waals surface area contributed by atoms with Gasteiger partial charge >= 0.3 is 5.97 Å². The van der Waals surface area contributed by atoms with Crippen LogP contribution in [0.2, 0.25) is 0 Å². The number of fused-ring (bicyclic) bond motifs is 2. The molecule has 18 heavy (non-hydrogen) atoms. The molecule has 0 unspecified atom stereocenters. The number of rotatable bonds is 1. The predicted molar refractivity (Wildman–Crippen MR) is 66.8 cm³/mol. The average Bonchev–Trinajstić information content (AvgIpc) is 2.35. The lowest BCUT2D eigenvalue weighted by Crippen LogP contribution is -2.17. The van der Waals surface area contributed by atoms with Crippen molar-refractivity contribution in [3.05, 3.63) is 40.6 Å². The van der Waals surface area contributed by atoms with Gasteiger partial charge in [-0.3, -0.25) is 4.98 Å². The van der Waals surface area contributed by atoms with E-state index in [1.165, 1.54) is 0 Å². The number of carbonyl (C=O) groups is 1. The molecule has 4 heteroatoms. The van der Waals surface area contributed by atoms with Gasteiger partial charge in [-0.25, -0.2) is 4.79 Å². The zero-order chi connectivity index (χ0) is 12.7. The summed E-state index contributed by atoms with van der Waals surface area (Å²) < 4.78 is 5.36. The molecule has 3 rings (SSSR count). The minimum absolute atomic E-state index is 0.341. The van der Waals surface area contributed by atoms with E-state index in [1.807, 2.05) is 25.1 Å². The third kappa shape index (κ3) is 1.66. The summed E-state index contributed by atoms with van der Waals surface area (Å²) in [6.45, 7) is 2.92. The summed E-state index contributed by atoms with van der Waals surface area (Å²) in [5.74, 6) is -0.909. The molecule has 4 nitrogen and oxygen atoms in total. The molecule has 0 saturated heterocycles. The topological polar surface area (TPSA) is 59.4 Å². The Hall–Kier alpha value is -1.94. The second kappa shape index (κ2) is 4.07. The van der Waals surface area contributed by atoms with E-state index >= 15 is 0 Å². The quantitative estimate of drug-likeness (QED) is 0.835. The molecule has 0 amide bonds. The zero-order valence-corrected chi connectivity index (χ0v) is 10.1. The number of carboxylic acids is 1. The van der Waals surface area contributed by atoms with Crippen LogP contribution in [0.5, 0.6) is 0 Å². The number of nitrogens with zero attached hydrogens (tertiary/aromatic N) is 1. The number of hydrogen-bond donors (Lipinski definition) is 1. The summed E-state index contributed by atoms with van der Waals surface area (Å²) in [5, 5.41) is 10.1. The third-order valence-corrected chi connectivity index (χ3v) is 3.27. The molecule has 1 N–H and O–H groups in total. The van der Waals surface area contributed by atoms with Crippen LogP contribution in [0.25, 0.3) is 10.9 Å². The van der Waals surface area contributed by atoms with E-state index < -0.39 is 5.97 Å². The summed E-state index contributed by atoms with van der Waals surface area (Å²) in [5.41, 5.74) is 3.77. The number of hydrogen-bond acceptors (Lipinski definition) is 3. The van der Waals surface area contributed by atoms with Gasteiger partial charge in [-0.15, -0.1) is 0 Å². The minimum Gasteiger partial charge on any atom is -0.478 e. The second-order valence-electron chi connectivity index (χ2n) is 4.54. The Morgan fingerprint density at radius 1 is 1.44 bits per heavy atom. The average molecular weight is 243 g/mol. The maximum Gasteiger partial charge on any atom is 0.336 e. The van der Waals surface area contributed by atoms with E-state index in [9.17, 15) is 9.90 Å². The molecule has 1 aliphatic rings. The van der Waals surface area contributed by atoms with Crippen LogP contribution in [0.3, 0.4) is 0 Å². The Bertz CT molecular complexity index is 649. The van der Waals surface area contributed by atoms with Crippen molar-refractivity contribution >= 4 is 16.9 Å². The van der Waals surface area contributed by atoms with Crippen molar-refractivity contribution in [1.82, 2.24) is 4.98 Å². The van der Waals surface area contributed by atoms with Gasteiger partial charge in [0.15, 0.2) is 0 Å². The van der Waals surface area contributed by atoms with Crippen molar-refractivity contribution in [3.63, 3.8) is 0 Å². The lowest BCUT2D eigenvalue weighted by molar-refractivity contribution is 0.0683. The maximum absolute atomic E-state index is 11.5. The predicted octanol–water partition coefficient (Wildman–Crippen LogP) is 2.31. The van der Waals surface area contributed by atoms with E-state index in [0.29, 0.717) is 30.6 Å². The van der Waals surface area contributed by atoms with Gasteiger partial charge in [-0.2, -0.15) is 0 Å². The van der Waals surface area contributed by atoms with Crippen LogP contribution >= 0.6 is 0 Å². The van der Waals surface area contributed by atoms with Crippen molar-refractivity contribution in [1.29, 1.82) is 0 Å². The van der Waals surface area contributed by atoms with E-state index in [4.69, 9.17) is 4.74 Å². The first-order valence-corrected chi connectivity index (χ1v) is 5.90. The lowest BCUT2D eigenvalue weighted by Gasteiger charge is -2.19. The first-order chi connectivity index (χ1) is 8.66. The molecule has 0 spiro atoms. The van der Waals surface area contributed by atoms with E-state index in [-0.39, 0.29) is 0 Å². The molecule has 2 aromatic rings. The summed E-state index contributed by atoms with van der Waals surface area (Å²) in [4.78, 5) is 16.1. The fraction of sp³-hybridized carbons (Fsp3) is 0.286. The van der Waals surface area contributed by atoms with Crippen molar-refractivity contribution < 1.29 is 14.6 Å². The molecule has 0 aliphatic carbocycles. The molecular formula is C14H13NO3. The molecule has 0 radical (unpaired) electrons. The van der Waals surface area contributed by atoms with Crippen LogP contribution in [0.4, 0.5) is 0 Å². The van der Waals surface area contributed by atoms with Gasteiger partial charge in [0, 0.05) is 23.1 Å². The highest BCUT2D eigenvalue weighted by atomic mass is 16.5. The molecule has 1 aromatic heterocycles. The minimum atomic E-state index is -0.909. The molecule has 0 saturated carbocycles. The van der Waals surface area contributed by atoms with Gasteiger partial charge in [-0.05, 0) is 18.6 Å². The fourth-order valence-electron chi connectivity index (χ4n) is 2.41. The normalized spacial score (nSPS) is 14.5. The number of aromatic carboxylic acids is 1. The molecule has 92 valence electrons. The smallest absolute Gasteiger partial charge is 0.336 e. The number of aromatic nitrogens is 1. The second-order valence-corrected chi connectivity index (χ2v) is 4.54. The van der Waals surface area contributed by atoms with Crippen LogP contribution in [-0.2, 0) is 17.8 Å². The van der Waals surface area contributed by atoms with Gasteiger partial charge in [0.1, 0.15) is 0 Å². The van der Waals surface area contributed by atoms with E-state index in [2.05, 4.69) is 4.98 Å². The Labute approximate surface area is 104 Å². The summed E-state index contributed by atoms with van der Waals surface area (Å²) in [6.07, 6.45) is 0.680. The molecule has 0 atom stereocenters. The summed E-state index contributed by atoms with van der Waals surface area (Å²) in [6, 6.07) is 5.67.